The number of nitrogens with one attached hydrogen (secondary N) is 1. The summed E-state index contributed by atoms with van der Waals surface area (Å²) in [6.45, 7) is 4.21. The van der Waals surface area contributed by atoms with Crippen LogP contribution in [0.3, 0.4) is 0 Å². The van der Waals surface area contributed by atoms with Crippen LogP contribution in [0.15, 0.2) is 12.2 Å². The number of aliphatic hydroxyl groups excluding tert-OH is 3. The normalized spacial score (nSPS) is 13.4. The highest BCUT2D eigenvalue weighted by molar-refractivity contribution is 5.76. The summed E-state index contributed by atoms with van der Waals surface area (Å²) < 4.78 is 0. The Labute approximate surface area is 363 Å². The number of carbonyl (C=O) groups excluding carboxylic acids is 1. The van der Waals surface area contributed by atoms with Gasteiger partial charge in [-0.1, -0.05) is 264 Å². The molecule has 0 aliphatic heterocycles. The lowest BCUT2D eigenvalue weighted by molar-refractivity contribution is -0.124. The quantitative estimate of drug-likeness (QED) is 0.0364. The Morgan fingerprint density at radius 2 is 0.690 bits per heavy atom. The van der Waals surface area contributed by atoms with Gasteiger partial charge in [-0.05, 0) is 38.5 Å². The molecule has 0 aliphatic carbocycles. The fourth-order valence-corrected chi connectivity index (χ4v) is 8.51. The van der Waals surface area contributed by atoms with Gasteiger partial charge in [0.1, 0.15) is 6.10 Å². The van der Waals surface area contributed by atoms with Crippen LogP contribution in [0.4, 0.5) is 0 Å². The summed E-state index contributed by atoms with van der Waals surface area (Å²) in [4.78, 5) is 12.5. The van der Waals surface area contributed by atoms with Crippen molar-refractivity contribution in [1.29, 1.82) is 0 Å². The molecule has 0 aromatic heterocycles. The van der Waals surface area contributed by atoms with E-state index in [9.17, 15) is 20.1 Å². The van der Waals surface area contributed by atoms with Crippen LogP contribution in [0, 0.1) is 0 Å². The fourth-order valence-electron chi connectivity index (χ4n) is 8.51. The molecule has 0 saturated heterocycles. The van der Waals surface area contributed by atoms with Crippen LogP contribution >= 0.6 is 0 Å². The van der Waals surface area contributed by atoms with Crippen LogP contribution in [0.2, 0.25) is 0 Å². The fraction of sp³-hybridized carbons (Fsp3) is 0.943. The van der Waals surface area contributed by atoms with E-state index < -0.39 is 18.2 Å². The monoisotopic (exact) mass is 820 g/mol. The topological polar surface area (TPSA) is 89.8 Å². The number of unbranched alkanes of at least 4 members (excludes halogenated alkanes) is 39. The summed E-state index contributed by atoms with van der Waals surface area (Å²) in [5.41, 5.74) is 0. The molecule has 0 bridgehead atoms. The third kappa shape index (κ3) is 43.2. The molecule has 3 atom stereocenters. The van der Waals surface area contributed by atoms with E-state index in [1.165, 1.54) is 238 Å². The van der Waals surface area contributed by atoms with E-state index in [-0.39, 0.29) is 12.5 Å². The molecule has 4 N–H and O–H groups in total. The highest BCUT2D eigenvalue weighted by Crippen LogP contribution is 2.18. The molecule has 0 heterocycles. The van der Waals surface area contributed by atoms with Gasteiger partial charge in [-0.25, -0.2) is 0 Å². The van der Waals surface area contributed by atoms with Crippen molar-refractivity contribution < 1.29 is 20.1 Å². The number of hydrogen-bond donors (Lipinski definition) is 4. The third-order valence-electron chi connectivity index (χ3n) is 12.6. The Morgan fingerprint density at radius 3 is 1.00 bits per heavy atom. The maximum absolute atomic E-state index is 12.5. The molecule has 58 heavy (non-hydrogen) atoms. The smallest absolute Gasteiger partial charge is 0.220 e. The molecule has 0 saturated carbocycles. The molecule has 5 heteroatoms. The van der Waals surface area contributed by atoms with E-state index in [0.717, 1.165) is 32.1 Å². The van der Waals surface area contributed by atoms with Crippen LogP contribution < -0.4 is 5.32 Å². The van der Waals surface area contributed by atoms with Crippen molar-refractivity contribution in [3.05, 3.63) is 12.2 Å². The Bertz CT molecular complexity index is 818. The van der Waals surface area contributed by atoms with Crippen molar-refractivity contribution in [2.45, 2.75) is 315 Å². The van der Waals surface area contributed by atoms with Gasteiger partial charge in [0.2, 0.25) is 5.91 Å². The average molecular weight is 820 g/mol. The molecule has 1 amide bonds. The lowest BCUT2D eigenvalue weighted by atomic mass is 9.99. The number of rotatable bonds is 49. The van der Waals surface area contributed by atoms with Gasteiger partial charge in [-0.3, -0.25) is 4.79 Å². The Morgan fingerprint density at radius 1 is 0.414 bits per heavy atom. The predicted octanol–water partition coefficient (Wildman–Crippen LogP) is 15.9. The van der Waals surface area contributed by atoms with Gasteiger partial charge in [-0.2, -0.15) is 0 Å². The summed E-state index contributed by atoms with van der Waals surface area (Å²) in [5, 5.41) is 33.7. The van der Waals surface area contributed by atoms with Crippen molar-refractivity contribution in [3.8, 4) is 0 Å². The Kier molecular flexibility index (Phi) is 48.0. The van der Waals surface area contributed by atoms with Crippen molar-refractivity contribution in [3.63, 3.8) is 0 Å². The minimum absolute atomic E-state index is 0.140. The van der Waals surface area contributed by atoms with Gasteiger partial charge in [0, 0.05) is 6.42 Å². The van der Waals surface area contributed by atoms with Gasteiger partial charge in [-0.15, -0.1) is 0 Å². The zero-order valence-electron chi connectivity index (χ0n) is 39.5. The molecule has 0 rings (SSSR count). The lowest BCUT2D eigenvalue weighted by Gasteiger charge is -2.26. The molecule has 0 fully saturated rings. The van der Waals surface area contributed by atoms with Gasteiger partial charge in [0.05, 0.1) is 18.8 Å². The number of allylic oxidation sites excluding steroid dienone is 2. The first-order valence-electron chi connectivity index (χ1n) is 26.5. The molecule has 346 valence electrons. The first-order chi connectivity index (χ1) is 28.6. The predicted molar refractivity (Wildman–Crippen MR) is 255 cm³/mol. The van der Waals surface area contributed by atoms with Crippen LogP contribution in [-0.2, 0) is 4.79 Å². The first-order valence-corrected chi connectivity index (χ1v) is 26.5. The van der Waals surface area contributed by atoms with Gasteiger partial charge in [0.25, 0.3) is 0 Å². The first kappa shape index (κ1) is 57.1. The Hall–Kier alpha value is -0.910. The summed E-state index contributed by atoms with van der Waals surface area (Å²) >= 11 is 0. The maximum atomic E-state index is 12.5. The van der Waals surface area contributed by atoms with Gasteiger partial charge in [0.15, 0.2) is 0 Å². The van der Waals surface area contributed by atoms with Crippen LogP contribution in [0.25, 0.3) is 0 Å². The average Bonchev–Trinajstić information content (AvgIpc) is 3.23. The van der Waals surface area contributed by atoms with E-state index in [1.807, 2.05) is 0 Å². The third-order valence-corrected chi connectivity index (χ3v) is 12.6. The van der Waals surface area contributed by atoms with Crippen molar-refractivity contribution in [2.24, 2.45) is 0 Å². The van der Waals surface area contributed by atoms with Crippen LogP contribution in [-0.4, -0.2) is 46.1 Å². The van der Waals surface area contributed by atoms with Crippen LogP contribution in [0.1, 0.15) is 296 Å². The minimum atomic E-state index is -1.13. The molecular formula is C53H105NO4. The SMILES string of the molecule is CCCCCCCCCCCCCC/C=C\CCCCCCCCCCCCCCC(=O)NC(CO)C(O)C(O)CCCCCCCCCCCCCCCCCC. The maximum Gasteiger partial charge on any atom is 0.220 e. The molecule has 0 aromatic carbocycles. The summed E-state index contributed by atoms with van der Waals surface area (Å²) in [6, 6.07) is -0.806. The van der Waals surface area contributed by atoms with Crippen molar-refractivity contribution >= 4 is 5.91 Å². The summed E-state index contributed by atoms with van der Waals surface area (Å²) in [7, 11) is 0. The number of aliphatic hydroxyl groups is 3. The van der Waals surface area contributed by atoms with Gasteiger partial charge < -0.3 is 20.6 Å². The highest BCUT2D eigenvalue weighted by atomic mass is 16.3. The lowest BCUT2D eigenvalue weighted by Crippen LogP contribution is -2.50. The minimum Gasteiger partial charge on any atom is -0.394 e. The number of amides is 1. The zero-order chi connectivity index (χ0) is 42.3. The van der Waals surface area contributed by atoms with E-state index in [0.29, 0.717) is 12.8 Å². The molecule has 3 unspecified atom stereocenters. The van der Waals surface area contributed by atoms with E-state index in [1.54, 1.807) is 0 Å². The summed E-state index contributed by atoms with van der Waals surface area (Å²) in [5.74, 6) is -0.140. The van der Waals surface area contributed by atoms with E-state index >= 15 is 0 Å². The largest absolute Gasteiger partial charge is 0.394 e. The molecule has 0 aromatic rings. The Balaban J connectivity index is 3.51. The van der Waals surface area contributed by atoms with Crippen molar-refractivity contribution in [1.82, 2.24) is 5.32 Å². The second kappa shape index (κ2) is 48.8. The summed E-state index contributed by atoms with van der Waals surface area (Å²) in [6.07, 6.45) is 59.2. The molecule has 0 radical (unpaired) electrons. The molecule has 5 nitrogen and oxygen atoms in total. The number of carbonyl (C=O) groups is 1. The molecular weight excluding hydrogens is 715 g/mol. The van der Waals surface area contributed by atoms with E-state index in [2.05, 4.69) is 31.3 Å². The highest BCUT2D eigenvalue weighted by Gasteiger charge is 2.26. The number of hydrogen-bond acceptors (Lipinski definition) is 4. The van der Waals surface area contributed by atoms with Gasteiger partial charge >= 0.3 is 0 Å². The zero-order valence-corrected chi connectivity index (χ0v) is 39.5. The second-order valence-electron chi connectivity index (χ2n) is 18.4. The van der Waals surface area contributed by atoms with Crippen LogP contribution in [0.5, 0.6) is 0 Å². The van der Waals surface area contributed by atoms with E-state index in [4.69, 9.17) is 0 Å². The standard InChI is InChI=1S/C53H105NO4/c1-3-5-7-9-11-13-15-17-19-21-22-23-24-25-26-27-28-29-30-31-32-34-36-38-40-42-44-46-48-52(57)54-50(49-55)53(58)51(56)47-45-43-41-39-37-35-33-20-18-16-14-12-10-8-6-4-2/h25-26,50-51,53,55-56,58H,3-24,27-49H2,1-2H3,(H,54,57)/b26-25-. The molecule has 0 aliphatic rings. The van der Waals surface area contributed by atoms with Crippen molar-refractivity contribution in [2.75, 3.05) is 6.61 Å². The second-order valence-corrected chi connectivity index (χ2v) is 18.4. The molecule has 0 spiro atoms.